The summed E-state index contributed by atoms with van der Waals surface area (Å²) in [6, 6.07) is 7.45. The van der Waals surface area contributed by atoms with Crippen LogP contribution in [0.3, 0.4) is 0 Å². The van der Waals surface area contributed by atoms with Crippen molar-refractivity contribution in [1.82, 2.24) is 0 Å². The van der Waals surface area contributed by atoms with E-state index in [9.17, 15) is 5.11 Å². The van der Waals surface area contributed by atoms with Crippen molar-refractivity contribution < 1.29 is 9.84 Å². The summed E-state index contributed by atoms with van der Waals surface area (Å²) in [7, 11) is 0. The summed E-state index contributed by atoms with van der Waals surface area (Å²) in [5.41, 5.74) is 0.907. The van der Waals surface area contributed by atoms with Gasteiger partial charge < -0.3 is 9.84 Å². The molecule has 17 heavy (non-hydrogen) atoms. The lowest BCUT2D eigenvalue weighted by atomic mass is 10.0. The maximum atomic E-state index is 10.0. The molecule has 2 unspecified atom stereocenters. The smallest absolute Gasteiger partial charge is 0.0790 e. The van der Waals surface area contributed by atoms with E-state index in [0.29, 0.717) is 11.1 Å². The average Bonchev–Trinajstić information content (AvgIpc) is 2.82. The zero-order chi connectivity index (χ0) is 12.1. The first-order valence-electron chi connectivity index (χ1n) is 6.31. The molecule has 3 heteroatoms. The molecule has 1 aliphatic heterocycles. The Kier molecular flexibility index (Phi) is 4.84. The molecular formula is C14H19ClO2. The SMILES string of the molecule is OC(CCCC1CCCO1)c1cccc(Cl)c1. The summed E-state index contributed by atoms with van der Waals surface area (Å²) in [5.74, 6) is 0. The van der Waals surface area contributed by atoms with Crippen LogP contribution < -0.4 is 0 Å². The van der Waals surface area contributed by atoms with E-state index < -0.39 is 6.10 Å². The van der Waals surface area contributed by atoms with Crippen molar-refractivity contribution >= 4 is 11.6 Å². The first-order chi connectivity index (χ1) is 8.25. The highest BCUT2D eigenvalue weighted by molar-refractivity contribution is 6.30. The molecule has 1 saturated heterocycles. The largest absolute Gasteiger partial charge is 0.388 e. The maximum absolute atomic E-state index is 10.0. The molecular weight excluding hydrogens is 236 g/mol. The topological polar surface area (TPSA) is 29.5 Å². The summed E-state index contributed by atoms with van der Waals surface area (Å²) >= 11 is 5.90. The first-order valence-corrected chi connectivity index (χ1v) is 6.68. The van der Waals surface area contributed by atoms with Crippen molar-refractivity contribution in [3.05, 3.63) is 34.9 Å². The molecule has 1 fully saturated rings. The number of halogens is 1. The molecule has 0 aromatic heterocycles. The molecule has 0 radical (unpaired) electrons. The van der Waals surface area contributed by atoms with Crippen LogP contribution in [-0.2, 0) is 4.74 Å². The summed E-state index contributed by atoms with van der Waals surface area (Å²) in [6.07, 6.45) is 5.20. The number of hydrogen-bond acceptors (Lipinski definition) is 2. The van der Waals surface area contributed by atoms with Crippen molar-refractivity contribution in [1.29, 1.82) is 0 Å². The first kappa shape index (κ1) is 12.9. The minimum Gasteiger partial charge on any atom is -0.388 e. The van der Waals surface area contributed by atoms with Crippen molar-refractivity contribution in [2.45, 2.75) is 44.3 Å². The van der Waals surface area contributed by atoms with Gasteiger partial charge in [0.15, 0.2) is 0 Å². The number of hydrogen-bond donors (Lipinski definition) is 1. The lowest BCUT2D eigenvalue weighted by molar-refractivity contribution is 0.0945. The van der Waals surface area contributed by atoms with E-state index in [1.807, 2.05) is 24.3 Å². The normalized spacial score (nSPS) is 21.6. The van der Waals surface area contributed by atoms with Crippen LogP contribution in [0.25, 0.3) is 0 Å². The van der Waals surface area contributed by atoms with Gasteiger partial charge in [-0.05, 0) is 49.8 Å². The van der Waals surface area contributed by atoms with Crippen LogP contribution in [-0.4, -0.2) is 17.8 Å². The minimum atomic E-state index is -0.407. The van der Waals surface area contributed by atoms with Gasteiger partial charge in [-0.15, -0.1) is 0 Å². The molecule has 2 atom stereocenters. The molecule has 0 amide bonds. The van der Waals surface area contributed by atoms with Gasteiger partial charge in [-0.2, -0.15) is 0 Å². The van der Waals surface area contributed by atoms with E-state index in [1.54, 1.807) is 0 Å². The molecule has 2 nitrogen and oxygen atoms in total. The Morgan fingerprint density at radius 3 is 3.06 bits per heavy atom. The van der Waals surface area contributed by atoms with Crippen molar-refractivity contribution in [3.63, 3.8) is 0 Å². The zero-order valence-electron chi connectivity index (χ0n) is 9.94. The van der Waals surface area contributed by atoms with Crippen molar-refractivity contribution in [3.8, 4) is 0 Å². The van der Waals surface area contributed by atoms with Gasteiger partial charge in [0, 0.05) is 11.6 Å². The highest BCUT2D eigenvalue weighted by atomic mass is 35.5. The van der Waals surface area contributed by atoms with Crippen molar-refractivity contribution in [2.75, 3.05) is 6.61 Å². The molecule has 94 valence electrons. The molecule has 1 aliphatic rings. The van der Waals surface area contributed by atoms with Gasteiger partial charge >= 0.3 is 0 Å². The second-order valence-corrected chi connectivity index (χ2v) is 5.07. The van der Waals surface area contributed by atoms with Gasteiger partial charge in [-0.3, -0.25) is 0 Å². The van der Waals surface area contributed by atoms with Crippen LogP contribution in [0, 0.1) is 0 Å². The summed E-state index contributed by atoms with van der Waals surface area (Å²) < 4.78 is 5.56. The maximum Gasteiger partial charge on any atom is 0.0790 e. The quantitative estimate of drug-likeness (QED) is 0.868. The van der Waals surface area contributed by atoms with Gasteiger partial charge in [-0.25, -0.2) is 0 Å². The number of benzene rings is 1. The Bertz CT molecular complexity index is 348. The molecule has 1 N–H and O–H groups in total. The summed E-state index contributed by atoms with van der Waals surface area (Å²) in [5, 5.41) is 10.7. The lowest BCUT2D eigenvalue weighted by Crippen LogP contribution is -2.06. The van der Waals surface area contributed by atoms with Gasteiger partial charge in [-0.1, -0.05) is 23.7 Å². The predicted octanol–water partition coefficient (Wildman–Crippen LogP) is 3.72. The Hall–Kier alpha value is -0.570. The molecule has 0 saturated carbocycles. The predicted molar refractivity (Wildman–Crippen MR) is 69.2 cm³/mol. The second kappa shape index (κ2) is 6.39. The third kappa shape index (κ3) is 3.98. The third-order valence-corrected chi connectivity index (χ3v) is 3.50. The summed E-state index contributed by atoms with van der Waals surface area (Å²) in [4.78, 5) is 0. The van der Waals surface area contributed by atoms with Crippen LogP contribution >= 0.6 is 11.6 Å². The zero-order valence-corrected chi connectivity index (χ0v) is 10.7. The Balaban J connectivity index is 1.74. The van der Waals surface area contributed by atoms with Gasteiger partial charge in [0.05, 0.1) is 12.2 Å². The fourth-order valence-corrected chi connectivity index (χ4v) is 2.49. The standard InChI is InChI=1S/C14H19ClO2/c15-12-5-1-4-11(10-12)14(16)8-2-6-13-7-3-9-17-13/h1,4-5,10,13-14,16H,2-3,6-9H2. The Morgan fingerprint density at radius 1 is 1.47 bits per heavy atom. The minimum absolute atomic E-state index is 0.407. The second-order valence-electron chi connectivity index (χ2n) is 4.64. The molecule has 0 bridgehead atoms. The van der Waals surface area contributed by atoms with Gasteiger partial charge in [0.2, 0.25) is 0 Å². The van der Waals surface area contributed by atoms with E-state index >= 15 is 0 Å². The van der Waals surface area contributed by atoms with Crippen LogP contribution in [0.15, 0.2) is 24.3 Å². The molecule has 2 rings (SSSR count). The Morgan fingerprint density at radius 2 is 2.35 bits per heavy atom. The molecule has 0 aliphatic carbocycles. The number of aliphatic hydroxyl groups excluding tert-OH is 1. The molecule has 1 heterocycles. The van der Waals surface area contributed by atoms with E-state index in [1.165, 1.54) is 12.8 Å². The van der Waals surface area contributed by atoms with E-state index in [2.05, 4.69) is 0 Å². The third-order valence-electron chi connectivity index (χ3n) is 3.26. The average molecular weight is 255 g/mol. The highest BCUT2D eigenvalue weighted by Gasteiger charge is 2.16. The Labute approximate surface area is 108 Å². The molecule has 0 spiro atoms. The number of rotatable bonds is 5. The fourth-order valence-electron chi connectivity index (χ4n) is 2.29. The summed E-state index contributed by atoms with van der Waals surface area (Å²) in [6.45, 7) is 0.904. The molecule has 1 aromatic rings. The van der Waals surface area contributed by atoms with Crippen molar-refractivity contribution in [2.24, 2.45) is 0 Å². The highest BCUT2D eigenvalue weighted by Crippen LogP contribution is 2.24. The van der Waals surface area contributed by atoms with E-state index in [4.69, 9.17) is 16.3 Å². The van der Waals surface area contributed by atoms with Crippen LogP contribution in [0.4, 0.5) is 0 Å². The van der Waals surface area contributed by atoms with Gasteiger partial charge in [0.25, 0.3) is 0 Å². The van der Waals surface area contributed by atoms with Gasteiger partial charge in [0.1, 0.15) is 0 Å². The lowest BCUT2D eigenvalue weighted by Gasteiger charge is -2.13. The van der Waals surface area contributed by atoms with E-state index in [0.717, 1.165) is 31.4 Å². The van der Waals surface area contributed by atoms with E-state index in [-0.39, 0.29) is 0 Å². The number of ether oxygens (including phenoxy) is 1. The number of aliphatic hydroxyl groups is 1. The van der Waals surface area contributed by atoms with Crippen LogP contribution in [0.1, 0.15) is 43.8 Å². The monoisotopic (exact) mass is 254 g/mol. The van der Waals surface area contributed by atoms with Crippen LogP contribution in [0.2, 0.25) is 5.02 Å². The van der Waals surface area contributed by atoms with Crippen LogP contribution in [0.5, 0.6) is 0 Å². The molecule has 1 aromatic carbocycles. The fraction of sp³-hybridized carbons (Fsp3) is 0.571.